The molecule has 0 saturated heterocycles. The molecule has 0 radical (unpaired) electrons. The van der Waals surface area contributed by atoms with Crippen LogP contribution < -0.4 is 5.73 Å². The largest absolute Gasteiger partial charge is 0.391 e. The van der Waals surface area contributed by atoms with Crippen LogP contribution in [-0.4, -0.2) is 17.8 Å². The van der Waals surface area contributed by atoms with Gasteiger partial charge in [0.1, 0.15) is 11.6 Å². The van der Waals surface area contributed by atoms with Crippen molar-refractivity contribution < 1.29 is 13.9 Å². The van der Waals surface area contributed by atoms with Crippen LogP contribution in [0.4, 0.5) is 8.78 Å². The third-order valence-corrected chi connectivity index (χ3v) is 1.74. The van der Waals surface area contributed by atoms with E-state index in [1.165, 1.54) is 6.07 Å². The molecule has 0 aromatic heterocycles. The van der Waals surface area contributed by atoms with Crippen molar-refractivity contribution in [2.75, 3.05) is 6.54 Å². The van der Waals surface area contributed by atoms with Crippen LogP contribution in [-0.2, 0) is 6.42 Å². The van der Waals surface area contributed by atoms with Crippen molar-refractivity contribution in [1.82, 2.24) is 0 Å². The Morgan fingerprint density at radius 2 is 2.08 bits per heavy atom. The minimum absolute atomic E-state index is 0.0663. The summed E-state index contributed by atoms with van der Waals surface area (Å²) in [5.41, 5.74) is 5.43. The van der Waals surface area contributed by atoms with Crippen LogP contribution in [0.15, 0.2) is 18.2 Å². The second-order valence-electron chi connectivity index (χ2n) is 2.83. The minimum atomic E-state index is -0.778. The molecule has 2 nitrogen and oxygen atoms in total. The zero-order chi connectivity index (χ0) is 9.84. The normalized spacial score (nSPS) is 12.9. The van der Waals surface area contributed by atoms with Crippen molar-refractivity contribution in [3.05, 3.63) is 35.4 Å². The maximum absolute atomic E-state index is 13.0. The number of nitrogens with two attached hydrogens (primary N) is 1. The van der Waals surface area contributed by atoms with Crippen LogP contribution in [0.3, 0.4) is 0 Å². The van der Waals surface area contributed by atoms with E-state index < -0.39 is 17.7 Å². The summed E-state index contributed by atoms with van der Waals surface area (Å²) in [5, 5.41) is 9.12. The first-order valence-corrected chi connectivity index (χ1v) is 3.95. The van der Waals surface area contributed by atoms with Crippen molar-refractivity contribution in [1.29, 1.82) is 0 Å². The molecule has 3 N–H and O–H groups in total. The van der Waals surface area contributed by atoms with Crippen molar-refractivity contribution in [2.45, 2.75) is 12.5 Å². The Hall–Kier alpha value is -1.00. The Labute approximate surface area is 75.0 Å². The lowest BCUT2D eigenvalue weighted by atomic mass is 10.1. The maximum atomic E-state index is 13.0. The Bertz CT molecular complexity index is 291. The maximum Gasteiger partial charge on any atom is 0.129 e. The van der Waals surface area contributed by atoms with E-state index in [-0.39, 0.29) is 18.5 Å². The second kappa shape index (κ2) is 4.30. The van der Waals surface area contributed by atoms with Gasteiger partial charge in [0.25, 0.3) is 0 Å². The fourth-order valence-corrected chi connectivity index (χ4v) is 1.02. The van der Waals surface area contributed by atoms with E-state index >= 15 is 0 Å². The zero-order valence-electron chi connectivity index (χ0n) is 7.00. The van der Waals surface area contributed by atoms with Gasteiger partial charge in [0, 0.05) is 19.0 Å². The number of hydrogen-bond donors (Lipinski definition) is 2. The fraction of sp³-hybridized carbons (Fsp3) is 0.333. The molecule has 1 unspecified atom stereocenters. The molecule has 0 bridgehead atoms. The number of hydrogen-bond acceptors (Lipinski definition) is 2. The topological polar surface area (TPSA) is 46.2 Å². The molecule has 0 amide bonds. The lowest BCUT2D eigenvalue weighted by Gasteiger charge is -2.07. The lowest BCUT2D eigenvalue weighted by Crippen LogP contribution is -2.22. The molecule has 0 saturated carbocycles. The Kier molecular flexibility index (Phi) is 3.33. The highest BCUT2D eigenvalue weighted by Gasteiger charge is 2.08. The summed E-state index contributed by atoms with van der Waals surface area (Å²) in [6, 6.07) is 3.25. The molecule has 4 heteroatoms. The Balaban J connectivity index is 2.77. The predicted molar refractivity (Wildman–Crippen MR) is 45.1 cm³/mol. The second-order valence-corrected chi connectivity index (χ2v) is 2.83. The van der Waals surface area contributed by atoms with Crippen LogP contribution in [0, 0.1) is 11.6 Å². The highest BCUT2D eigenvalue weighted by atomic mass is 19.1. The van der Waals surface area contributed by atoms with Crippen molar-refractivity contribution in [3.8, 4) is 0 Å². The molecule has 0 aliphatic heterocycles. The van der Waals surface area contributed by atoms with Crippen LogP contribution >= 0.6 is 0 Å². The first-order chi connectivity index (χ1) is 6.13. The van der Waals surface area contributed by atoms with Gasteiger partial charge in [-0.05, 0) is 11.6 Å². The minimum Gasteiger partial charge on any atom is -0.391 e. The molecule has 1 rings (SSSR count). The van der Waals surface area contributed by atoms with Gasteiger partial charge in [0.2, 0.25) is 0 Å². The number of halogens is 2. The Morgan fingerprint density at radius 3 is 2.62 bits per heavy atom. The van der Waals surface area contributed by atoms with Crippen molar-refractivity contribution >= 4 is 0 Å². The molecule has 1 aromatic carbocycles. The van der Waals surface area contributed by atoms with Crippen LogP contribution in [0.25, 0.3) is 0 Å². The van der Waals surface area contributed by atoms with E-state index in [0.717, 1.165) is 12.1 Å². The number of aliphatic hydroxyl groups is 1. The SMILES string of the molecule is NCC(O)Cc1ccc(F)cc1F. The van der Waals surface area contributed by atoms with Gasteiger partial charge in [-0.3, -0.25) is 0 Å². The molecule has 0 aliphatic rings. The van der Waals surface area contributed by atoms with E-state index in [0.29, 0.717) is 0 Å². The number of benzene rings is 1. The van der Waals surface area contributed by atoms with Crippen LogP contribution in [0.2, 0.25) is 0 Å². The molecule has 0 aliphatic carbocycles. The third kappa shape index (κ3) is 2.75. The molecule has 1 aromatic rings. The van der Waals surface area contributed by atoms with Crippen LogP contribution in [0.1, 0.15) is 5.56 Å². The van der Waals surface area contributed by atoms with Gasteiger partial charge in [-0.15, -0.1) is 0 Å². The van der Waals surface area contributed by atoms with Crippen molar-refractivity contribution in [2.24, 2.45) is 5.73 Å². The highest BCUT2D eigenvalue weighted by molar-refractivity contribution is 5.19. The van der Waals surface area contributed by atoms with Gasteiger partial charge >= 0.3 is 0 Å². The fourth-order valence-electron chi connectivity index (χ4n) is 1.02. The molecular weight excluding hydrogens is 176 g/mol. The van der Waals surface area contributed by atoms with Gasteiger partial charge in [-0.1, -0.05) is 6.07 Å². The Morgan fingerprint density at radius 1 is 1.38 bits per heavy atom. The third-order valence-electron chi connectivity index (χ3n) is 1.74. The lowest BCUT2D eigenvalue weighted by molar-refractivity contribution is 0.182. The average Bonchev–Trinajstić information content (AvgIpc) is 2.09. The van der Waals surface area contributed by atoms with E-state index in [2.05, 4.69) is 0 Å². The van der Waals surface area contributed by atoms with Crippen molar-refractivity contribution in [3.63, 3.8) is 0 Å². The molecule has 1 atom stereocenters. The first kappa shape index (κ1) is 10.1. The van der Waals surface area contributed by atoms with Gasteiger partial charge < -0.3 is 10.8 Å². The van der Waals surface area contributed by atoms with Gasteiger partial charge in [0.15, 0.2) is 0 Å². The monoisotopic (exact) mass is 187 g/mol. The zero-order valence-corrected chi connectivity index (χ0v) is 7.00. The quantitative estimate of drug-likeness (QED) is 0.736. The number of aliphatic hydroxyl groups excluding tert-OH is 1. The smallest absolute Gasteiger partial charge is 0.129 e. The standard InChI is InChI=1S/C9H11F2NO/c10-7-2-1-6(9(11)4-7)3-8(13)5-12/h1-2,4,8,13H,3,5,12H2. The highest BCUT2D eigenvalue weighted by Crippen LogP contribution is 2.11. The molecule has 0 fully saturated rings. The van der Waals surface area contributed by atoms with Crippen LogP contribution in [0.5, 0.6) is 0 Å². The van der Waals surface area contributed by atoms with E-state index in [9.17, 15) is 8.78 Å². The average molecular weight is 187 g/mol. The summed E-state index contributed by atoms with van der Waals surface area (Å²) in [7, 11) is 0. The summed E-state index contributed by atoms with van der Waals surface area (Å²) < 4.78 is 25.4. The summed E-state index contributed by atoms with van der Waals surface area (Å²) in [6.45, 7) is 0.0663. The summed E-state index contributed by atoms with van der Waals surface area (Å²) in [6.07, 6.45) is -0.664. The molecule has 13 heavy (non-hydrogen) atoms. The molecular formula is C9H11F2NO. The molecule has 0 spiro atoms. The van der Waals surface area contributed by atoms with E-state index in [4.69, 9.17) is 10.8 Å². The molecule has 0 heterocycles. The number of rotatable bonds is 3. The van der Waals surface area contributed by atoms with E-state index in [1.54, 1.807) is 0 Å². The summed E-state index contributed by atoms with van der Waals surface area (Å²) in [4.78, 5) is 0. The van der Waals surface area contributed by atoms with Gasteiger partial charge in [0.05, 0.1) is 6.10 Å². The van der Waals surface area contributed by atoms with Gasteiger partial charge in [-0.2, -0.15) is 0 Å². The van der Waals surface area contributed by atoms with Gasteiger partial charge in [-0.25, -0.2) is 8.78 Å². The summed E-state index contributed by atoms with van der Waals surface area (Å²) >= 11 is 0. The van der Waals surface area contributed by atoms with E-state index in [1.807, 2.05) is 0 Å². The summed E-state index contributed by atoms with van der Waals surface area (Å²) in [5.74, 6) is -1.27. The first-order valence-electron chi connectivity index (χ1n) is 3.95. The predicted octanol–water partition coefficient (Wildman–Crippen LogP) is 0.827. The molecule has 72 valence electrons.